The molecule has 0 atom stereocenters. The second-order valence-corrected chi connectivity index (χ2v) is 9.17. The van der Waals surface area contributed by atoms with Gasteiger partial charge in [0.2, 0.25) is 0 Å². The summed E-state index contributed by atoms with van der Waals surface area (Å²) < 4.78 is 26.9. The molecular weight excluding hydrogens is 426 g/mol. The molecule has 0 amide bonds. The maximum Gasteiger partial charge on any atom is 0.264 e. The van der Waals surface area contributed by atoms with E-state index in [1.54, 1.807) is 0 Å². The summed E-state index contributed by atoms with van der Waals surface area (Å²) in [6, 6.07) is 21.7. The summed E-state index contributed by atoms with van der Waals surface area (Å²) in [6.07, 6.45) is 1.56. The van der Waals surface area contributed by atoms with Gasteiger partial charge in [0, 0.05) is 28.7 Å². The summed E-state index contributed by atoms with van der Waals surface area (Å²) in [5.41, 5.74) is 5.16. The first-order valence-corrected chi connectivity index (χ1v) is 12.1. The molecule has 0 aliphatic heterocycles. The monoisotopic (exact) mass is 451 g/mol. The minimum absolute atomic E-state index is 0.0980. The molecule has 3 aromatic carbocycles. The highest BCUT2D eigenvalue weighted by Gasteiger charge is 2.10. The molecule has 3 N–H and O–H groups in total. The van der Waals surface area contributed by atoms with Crippen molar-refractivity contribution in [2.24, 2.45) is 0 Å². The van der Waals surface area contributed by atoms with E-state index in [2.05, 4.69) is 10.6 Å². The number of hydrogen-bond donors (Lipinski definition) is 3. The van der Waals surface area contributed by atoms with Crippen LogP contribution in [0, 0.1) is 0 Å². The number of rotatable bonds is 9. The van der Waals surface area contributed by atoms with Gasteiger partial charge in [-0.1, -0.05) is 36.4 Å². The van der Waals surface area contributed by atoms with Gasteiger partial charge in [0.1, 0.15) is 0 Å². The van der Waals surface area contributed by atoms with Crippen LogP contribution in [0.25, 0.3) is 21.8 Å². The van der Waals surface area contributed by atoms with Crippen LogP contribution in [0.1, 0.15) is 12.0 Å². The van der Waals surface area contributed by atoms with E-state index in [4.69, 9.17) is 9.17 Å². The average molecular weight is 452 g/mol. The van der Waals surface area contributed by atoms with Gasteiger partial charge < -0.3 is 15.7 Å². The van der Waals surface area contributed by atoms with E-state index in [1.807, 2.05) is 66.7 Å². The predicted octanol–water partition coefficient (Wildman–Crippen LogP) is 4.40. The number of benzene rings is 3. The summed E-state index contributed by atoms with van der Waals surface area (Å²) in [4.78, 5) is 4.76. The molecule has 0 aliphatic carbocycles. The minimum atomic E-state index is -3.43. The van der Waals surface area contributed by atoms with E-state index in [0.29, 0.717) is 13.0 Å². The molecule has 0 bridgehead atoms. The van der Waals surface area contributed by atoms with Crippen molar-refractivity contribution in [2.45, 2.75) is 13.0 Å². The van der Waals surface area contributed by atoms with E-state index >= 15 is 0 Å². The molecule has 8 heteroatoms. The Hall–Kier alpha value is -3.20. The van der Waals surface area contributed by atoms with Gasteiger partial charge in [-0.15, -0.1) is 0 Å². The highest BCUT2D eigenvalue weighted by atomic mass is 32.2. The van der Waals surface area contributed by atoms with Crippen LogP contribution in [-0.4, -0.2) is 37.9 Å². The van der Waals surface area contributed by atoms with Gasteiger partial charge in [0.25, 0.3) is 10.1 Å². The van der Waals surface area contributed by atoms with Crippen LogP contribution in [-0.2, 0) is 20.9 Å². The lowest BCUT2D eigenvalue weighted by Crippen LogP contribution is -2.09. The van der Waals surface area contributed by atoms with E-state index < -0.39 is 10.1 Å². The van der Waals surface area contributed by atoms with Crippen LogP contribution < -0.4 is 10.6 Å². The standard InChI is InChI=1S/C24H25N3O4S/c1-32(29,30)31-12-6-11-25-18-13-17(16-28)14-19(15-18)26-24-20-7-2-4-9-22(20)27-23-10-5-3-8-21(23)24/h2-5,7-10,13-15,25,28H,6,11-12,16H2,1H3,(H,26,27). The molecule has 4 rings (SSSR count). The predicted molar refractivity (Wildman–Crippen MR) is 129 cm³/mol. The van der Waals surface area contributed by atoms with Crippen molar-refractivity contribution >= 4 is 49.0 Å². The molecule has 0 saturated carbocycles. The molecule has 4 aromatic rings. The maximum absolute atomic E-state index is 11.1. The number of aromatic nitrogens is 1. The lowest BCUT2D eigenvalue weighted by atomic mass is 10.1. The molecule has 166 valence electrons. The number of aliphatic hydroxyl groups excluding tert-OH is 1. The van der Waals surface area contributed by atoms with E-state index in [-0.39, 0.29) is 13.2 Å². The fraction of sp³-hybridized carbons (Fsp3) is 0.208. The van der Waals surface area contributed by atoms with Crippen molar-refractivity contribution in [2.75, 3.05) is 30.0 Å². The molecule has 0 aliphatic rings. The summed E-state index contributed by atoms with van der Waals surface area (Å²) in [5.74, 6) is 0. The van der Waals surface area contributed by atoms with Crippen LogP contribution in [0.3, 0.4) is 0 Å². The molecule has 32 heavy (non-hydrogen) atoms. The molecule has 0 unspecified atom stereocenters. The molecular formula is C24H25N3O4S. The maximum atomic E-state index is 11.1. The Morgan fingerprint density at radius 2 is 1.56 bits per heavy atom. The first-order valence-electron chi connectivity index (χ1n) is 10.3. The second kappa shape index (κ2) is 9.52. The topological polar surface area (TPSA) is 101 Å². The molecule has 0 fully saturated rings. The van der Waals surface area contributed by atoms with Crippen LogP contribution >= 0.6 is 0 Å². The van der Waals surface area contributed by atoms with Gasteiger partial charge in [-0.05, 0) is 42.3 Å². The number of pyridine rings is 1. The van der Waals surface area contributed by atoms with E-state index in [9.17, 15) is 13.5 Å². The molecule has 1 heterocycles. The highest BCUT2D eigenvalue weighted by molar-refractivity contribution is 7.85. The zero-order valence-corrected chi connectivity index (χ0v) is 18.5. The van der Waals surface area contributed by atoms with Gasteiger partial charge >= 0.3 is 0 Å². The Morgan fingerprint density at radius 3 is 2.19 bits per heavy atom. The first-order chi connectivity index (χ1) is 15.4. The summed E-state index contributed by atoms with van der Waals surface area (Å²) in [5, 5.41) is 18.6. The van der Waals surface area contributed by atoms with Crippen molar-refractivity contribution in [3.63, 3.8) is 0 Å². The number of fused-ring (bicyclic) bond motifs is 2. The molecule has 0 spiro atoms. The van der Waals surface area contributed by atoms with E-state index in [1.165, 1.54) is 0 Å². The average Bonchev–Trinajstić information content (AvgIpc) is 2.78. The van der Waals surface area contributed by atoms with Crippen LogP contribution in [0.15, 0.2) is 66.7 Å². The normalized spacial score (nSPS) is 11.7. The zero-order chi connectivity index (χ0) is 22.6. The molecule has 7 nitrogen and oxygen atoms in total. The molecule has 1 aromatic heterocycles. The lowest BCUT2D eigenvalue weighted by molar-refractivity contribution is 0.282. The third kappa shape index (κ3) is 5.34. The largest absolute Gasteiger partial charge is 0.392 e. The van der Waals surface area contributed by atoms with Crippen LogP contribution in [0.4, 0.5) is 17.1 Å². The van der Waals surface area contributed by atoms with Gasteiger partial charge in [0.05, 0.1) is 36.2 Å². The summed E-state index contributed by atoms with van der Waals surface area (Å²) >= 11 is 0. The Bertz CT molecular complexity index is 1300. The van der Waals surface area contributed by atoms with Crippen molar-refractivity contribution in [1.82, 2.24) is 4.98 Å². The van der Waals surface area contributed by atoms with Crippen LogP contribution in [0.2, 0.25) is 0 Å². The summed E-state index contributed by atoms with van der Waals surface area (Å²) in [7, 11) is -3.43. The summed E-state index contributed by atoms with van der Waals surface area (Å²) in [6.45, 7) is 0.551. The third-order valence-electron chi connectivity index (χ3n) is 4.98. The third-order valence-corrected chi connectivity index (χ3v) is 5.57. The van der Waals surface area contributed by atoms with Crippen molar-refractivity contribution in [3.8, 4) is 0 Å². The fourth-order valence-corrected chi connectivity index (χ4v) is 4.01. The number of nitrogens with one attached hydrogen (secondary N) is 2. The van der Waals surface area contributed by atoms with Gasteiger partial charge in [0.15, 0.2) is 0 Å². The van der Waals surface area contributed by atoms with Crippen molar-refractivity contribution < 1.29 is 17.7 Å². The van der Waals surface area contributed by atoms with Crippen LogP contribution in [0.5, 0.6) is 0 Å². The van der Waals surface area contributed by atoms with Crippen molar-refractivity contribution in [3.05, 3.63) is 72.3 Å². The number of anilines is 3. The number of para-hydroxylation sites is 2. The van der Waals surface area contributed by atoms with Gasteiger partial charge in [-0.2, -0.15) is 8.42 Å². The zero-order valence-electron chi connectivity index (χ0n) is 17.7. The SMILES string of the molecule is CS(=O)(=O)OCCCNc1cc(CO)cc(Nc2c3ccccc3nc3ccccc23)c1. The Balaban J connectivity index is 1.61. The van der Waals surface area contributed by atoms with E-state index in [0.717, 1.165) is 50.7 Å². The Kier molecular flexibility index (Phi) is 6.55. The minimum Gasteiger partial charge on any atom is -0.392 e. The first kappa shape index (κ1) is 22.0. The van der Waals surface area contributed by atoms with Crippen molar-refractivity contribution in [1.29, 1.82) is 0 Å². The highest BCUT2D eigenvalue weighted by Crippen LogP contribution is 2.34. The fourth-order valence-electron chi connectivity index (χ4n) is 3.59. The Labute approximate surface area is 187 Å². The lowest BCUT2D eigenvalue weighted by Gasteiger charge is -2.16. The smallest absolute Gasteiger partial charge is 0.264 e. The number of aliphatic hydroxyl groups is 1. The molecule has 0 saturated heterocycles. The number of hydrogen-bond acceptors (Lipinski definition) is 7. The Morgan fingerprint density at radius 1 is 0.938 bits per heavy atom. The quantitative estimate of drug-likeness (QED) is 0.197. The number of nitrogens with zero attached hydrogens (tertiary/aromatic N) is 1. The molecule has 0 radical (unpaired) electrons. The van der Waals surface area contributed by atoms with Gasteiger partial charge in [-0.25, -0.2) is 4.98 Å². The second-order valence-electron chi connectivity index (χ2n) is 7.53. The van der Waals surface area contributed by atoms with Gasteiger partial charge in [-0.3, -0.25) is 4.18 Å².